The zero-order valence-corrected chi connectivity index (χ0v) is 11.6. The molecule has 2 aliphatic carbocycles. The highest BCUT2D eigenvalue weighted by Crippen LogP contribution is 2.40. The van der Waals surface area contributed by atoms with Gasteiger partial charge in [-0.2, -0.15) is 0 Å². The highest BCUT2D eigenvalue weighted by atomic mass is 15.2. The summed E-state index contributed by atoms with van der Waals surface area (Å²) in [6, 6.07) is 1.79. The van der Waals surface area contributed by atoms with Gasteiger partial charge in [0.1, 0.15) is 0 Å². The maximum atomic E-state index is 3.84. The molecule has 18 heavy (non-hydrogen) atoms. The fraction of sp³-hybridized carbons (Fsp3) is 1.00. The zero-order chi connectivity index (χ0) is 11.9. The minimum absolute atomic E-state index is 0.832. The summed E-state index contributed by atoms with van der Waals surface area (Å²) >= 11 is 0. The van der Waals surface area contributed by atoms with Gasteiger partial charge >= 0.3 is 0 Å². The molecule has 0 bridgehead atoms. The lowest BCUT2D eigenvalue weighted by molar-refractivity contribution is 0.160. The number of nitrogens with zero attached hydrogens (tertiary/aromatic N) is 1. The average molecular weight is 248 g/mol. The summed E-state index contributed by atoms with van der Waals surface area (Å²) in [5, 5.41) is 3.84. The van der Waals surface area contributed by atoms with Gasteiger partial charge < -0.3 is 5.32 Å². The van der Waals surface area contributed by atoms with E-state index in [2.05, 4.69) is 10.2 Å². The first-order chi connectivity index (χ1) is 8.92. The molecule has 0 aromatic rings. The van der Waals surface area contributed by atoms with Crippen LogP contribution in [0.15, 0.2) is 0 Å². The minimum atomic E-state index is 0.832. The minimum Gasteiger partial charge on any atom is -0.312 e. The Balaban J connectivity index is 1.39. The van der Waals surface area contributed by atoms with Gasteiger partial charge in [0, 0.05) is 18.6 Å². The van der Waals surface area contributed by atoms with Gasteiger partial charge in [0.25, 0.3) is 0 Å². The monoisotopic (exact) mass is 248 g/mol. The Morgan fingerprint density at radius 1 is 0.889 bits per heavy atom. The first kappa shape index (κ1) is 11.7. The highest BCUT2D eigenvalue weighted by molar-refractivity contribution is 4.98. The second kappa shape index (κ2) is 4.79. The van der Waals surface area contributed by atoms with Gasteiger partial charge in [-0.05, 0) is 62.9 Å². The van der Waals surface area contributed by atoms with E-state index in [0.29, 0.717) is 0 Å². The highest BCUT2D eigenvalue weighted by Gasteiger charge is 2.42. The number of likely N-dealkylation sites (tertiary alicyclic amines) is 1. The molecule has 102 valence electrons. The molecule has 2 saturated carbocycles. The fourth-order valence-electron chi connectivity index (χ4n) is 5.49. The van der Waals surface area contributed by atoms with Crippen molar-refractivity contribution in [2.24, 2.45) is 17.8 Å². The second-order valence-corrected chi connectivity index (χ2v) is 7.27. The number of rotatable bonds is 2. The van der Waals surface area contributed by atoms with Crippen LogP contribution in [0.5, 0.6) is 0 Å². The number of hydrogen-bond acceptors (Lipinski definition) is 2. The van der Waals surface area contributed by atoms with Crippen molar-refractivity contribution in [3.63, 3.8) is 0 Å². The maximum absolute atomic E-state index is 3.84. The summed E-state index contributed by atoms with van der Waals surface area (Å²) in [6.45, 7) is 4.07. The molecule has 4 aliphatic rings. The van der Waals surface area contributed by atoms with Gasteiger partial charge in [-0.3, -0.25) is 4.90 Å². The first-order valence-electron chi connectivity index (χ1n) is 8.39. The van der Waals surface area contributed by atoms with E-state index in [-0.39, 0.29) is 0 Å². The summed E-state index contributed by atoms with van der Waals surface area (Å²) in [5.41, 5.74) is 0. The van der Waals surface area contributed by atoms with Crippen molar-refractivity contribution >= 4 is 0 Å². The van der Waals surface area contributed by atoms with Crippen LogP contribution in [0.3, 0.4) is 0 Å². The van der Waals surface area contributed by atoms with Gasteiger partial charge in [0.05, 0.1) is 0 Å². The van der Waals surface area contributed by atoms with Crippen LogP contribution in [-0.2, 0) is 0 Å². The molecule has 0 aromatic carbocycles. The second-order valence-electron chi connectivity index (χ2n) is 7.27. The number of fused-ring (bicyclic) bond motifs is 2. The zero-order valence-electron chi connectivity index (χ0n) is 11.6. The molecule has 2 aliphatic heterocycles. The molecule has 2 heterocycles. The van der Waals surface area contributed by atoms with E-state index in [1.165, 1.54) is 71.0 Å². The number of hydrogen-bond donors (Lipinski definition) is 1. The molecule has 2 heteroatoms. The lowest BCUT2D eigenvalue weighted by Gasteiger charge is -2.34. The van der Waals surface area contributed by atoms with Crippen molar-refractivity contribution in [2.45, 2.75) is 63.5 Å². The third kappa shape index (κ3) is 1.92. The normalized spacial score (nSPS) is 48.3. The van der Waals surface area contributed by atoms with Crippen LogP contribution in [-0.4, -0.2) is 36.6 Å². The van der Waals surface area contributed by atoms with Gasteiger partial charge in [-0.1, -0.05) is 19.3 Å². The molecule has 5 unspecified atom stereocenters. The third-order valence-electron chi connectivity index (χ3n) is 6.43. The van der Waals surface area contributed by atoms with E-state index in [0.717, 1.165) is 29.8 Å². The Morgan fingerprint density at radius 2 is 1.78 bits per heavy atom. The van der Waals surface area contributed by atoms with Gasteiger partial charge in [0.2, 0.25) is 0 Å². The van der Waals surface area contributed by atoms with Crippen LogP contribution in [0.4, 0.5) is 0 Å². The summed E-state index contributed by atoms with van der Waals surface area (Å²) in [5.74, 6) is 3.10. The third-order valence-corrected chi connectivity index (χ3v) is 6.43. The Bertz CT molecular complexity index is 303. The van der Waals surface area contributed by atoms with E-state index in [4.69, 9.17) is 0 Å². The Hall–Kier alpha value is -0.0800. The molecule has 0 aromatic heterocycles. The van der Waals surface area contributed by atoms with Crippen molar-refractivity contribution in [3.8, 4) is 0 Å². The molecule has 1 N–H and O–H groups in total. The van der Waals surface area contributed by atoms with Crippen molar-refractivity contribution in [3.05, 3.63) is 0 Å². The predicted molar refractivity (Wildman–Crippen MR) is 74.6 cm³/mol. The topological polar surface area (TPSA) is 15.3 Å². The van der Waals surface area contributed by atoms with E-state index in [1.54, 1.807) is 0 Å². The first-order valence-corrected chi connectivity index (χ1v) is 8.39. The summed E-state index contributed by atoms with van der Waals surface area (Å²) in [6.07, 6.45) is 12.0. The van der Waals surface area contributed by atoms with Crippen LogP contribution in [0.25, 0.3) is 0 Å². The fourth-order valence-corrected chi connectivity index (χ4v) is 5.49. The Morgan fingerprint density at radius 3 is 2.78 bits per heavy atom. The quantitative estimate of drug-likeness (QED) is 0.808. The summed E-state index contributed by atoms with van der Waals surface area (Å²) < 4.78 is 0. The van der Waals surface area contributed by atoms with Gasteiger partial charge in [0.15, 0.2) is 0 Å². The molecule has 5 atom stereocenters. The Labute approximate surface area is 111 Å². The largest absolute Gasteiger partial charge is 0.312 e. The van der Waals surface area contributed by atoms with Crippen LogP contribution in [0, 0.1) is 17.8 Å². The van der Waals surface area contributed by atoms with Crippen LogP contribution >= 0.6 is 0 Å². The van der Waals surface area contributed by atoms with E-state index < -0.39 is 0 Å². The van der Waals surface area contributed by atoms with Crippen LogP contribution in [0.1, 0.15) is 51.4 Å². The summed E-state index contributed by atoms with van der Waals surface area (Å²) in [4.78, 5) is 2.86. The van der Waals surface area contributed by atoms with Crippen LogP contribution in [0.2, 0.25) is 0 Å². The van der Waals surface area contributed by atoms with E-state index in [1.807, 2.05) is 0 Å². The molecule has 0 spiro atoms. The van der Waals surface area contributed by atoms with E-state index >= 15 is 0 Å². The van der Waals surface area contributed by atoms with Crippen molar-refractivity contribution in [1.82, 2.24) is 10.2 Å². The van der Waals surface area contributed by atoms with Crippen molar-refractivity contribution < 1.29 is 0 Å². The lowest BCUT2D eigenvalue weighted by Crippen LogP contribution is -2.44. The maximum Gasteiger partial charge on any atom is 0.0226 e. The predicted octanol–water partition coefficient (Wildman–Crippen LogP) is 2.64. The average Bonchev–Trinajstić information content (AvgIpc) is 3.08. The molecule has 0 amide bonds. The smallest absolute Gasteiger partial charge is 0.0226 e. The van der Waals surface area contributed by atoms with Gasteiger partial charge in [-0.25, -0.2) is 0 Å². The van der Waals surface area contributed by atoms with E-state index in [9.17, 15) is 0 Å². The summed E-state index contributed by atoms with van der Waals surface area (Å²) in [7, 11) is 0. The lowest BCUT2D eigenvalue weighted by atomic mass is 9.85. The van der Waals surface area contributed by atoms with Gasteiger partial charge in [-0.15, -0.1) is 0 Å². The molecular weight excluding hydrogens is 220 g/mol. The van der Waals surface area contributed by atoms with Crippen molar-refractivity contribution in [1.29, 1.82) is 0 Å². The molecular formula is C16H28N2. The Kier molecular flexibility index (Phi) is 3.12. The standard InChI is InChI=1S/C16H28N2/c1-2-7-16-12(4-1)8-9-18(16)11-15-14-6-3-5-13(14)10-17-15/h12-17H,1-11H2. The molecule has 4 rings (SSSR count). The SMILES string of the molecule is C1CCC2C(C1)CCN2CC1NCC2CCCC21. The molecule has 4 fully saturated rings. The molecule has 2 saturated heterocycles. The van der Waals surface area contributed by atoms with Crippen LogP contribution < -0.4 is 5.32 Å². The van der Waals surface area contributed by atoms with Crippen molar-refractivity contribution in [2.75, 3.05) is 19.6 Å². The number of nitrogens with one attached hydrogen (secondary N) is 1. The molecule has 2 nitrogen and oxygen atoms in total. The molecule has 0 radical (unpaired) electrons.